The molecule has 0 radical (unpaired) electrons. The second-order valence-corrected chi connectivity index (χ2v) is 16.1. The van der Waals surface area contributed by atoms with Crippen molar-refractivity contribution < 1.29 is 9.90 Å². The standard InChI is InChI=1S/C21H35IO2/c1-4-21-11-7-14(2)13-15(21)9-12-22-17-6-5-16(19(23)24)20(17,3)10-8-18(21)22/h14-18H,4-13H2,1-3H3,(H,23,24). The third-order valence-corrected chi connectivity index (χ3v) is 18.3. The van der Waals surface area contributed by atoms with Crippen LogP contribution in [0.1, 0.15) is 78.6 Å². The van der Waals surface area contributed by atoms with Crippen molar-refractivity contribution in [1.29, 1.82) is 0 Å². The van der Waals surface area contributed by atoms with E-state index in [-0.39, 0.29) is 11.3 Å². The quantitative estimate of drug-likeness (QED) is 0.433. The summed E-state index contributed by atoms with van der Waals surface area (Å²) in [6, 6.07) is 0. The van der Waals surface area contributed by atoms with Crippen molar-refractivity contribution in [2.24, 2.45) is 28.6 Å². The Bertz CT molecular complexity index is 520. The van der Waals surface area contributed by atoms with Gasteiger partial charge < -0.3 is 0 Å². The van der Waals surface area contributed by atoms with Crippen LogP contribution < -0.4 is 0 Å². The van der Waals surface area contributed by atoms with Crippen LogP contribution in [0, 0.1) is 28.6 Å². The van der Waals surface area contributed by atoms with Gasteiger partial charge >= 0.3 is 155 Å². The molecule has 0 bridgehead atoms. The van der Waals surface area contributed by atoms with Gasteiger partial charge in [-0.05, 0) is 0 Å². The van der Waals surface area contributed by atoms with Crippen LogP contribution in [0.2, 0.25) is 0 Å². The summed E-state index contributed by atoms with van der Waals surface area (Å²) >= 11 is -1.07. The van der Waals surface area contributed by atoms with Crippen LogP contribution in [-0.4, -0.2) is 23.4 Å². The Hall–Kier alpha value is 0.200. The fourth-order valence-corrected chi connectivity index (χ4v) is 19.0. The Kier molecular flexibility index (Phi) is 4.49. The molecule has 0 aromatic heterocycles. The number of carboxylic acids is 1. The monoisotopic (exact) mass is 446 g/mol. The summed E-state index contributed by atoms with van der Waals surface area (Å²) in [6.07, 6.45) is 12.1. The number of carboxylic acid groups (broad SMARTS) is 1. The van der Waals surface area contributed by atoms with Gasteiger partial charge in [0, 0.05) is 0 Å². The third-order valence-electron chi connectivity index (χ3n) is 8.69. The van der Waals surface area contributed by atoms with Crippen LogP contribution in [0.3, 0.4) is 0 Å². The predicted octanol–water partition coefficient (Wildman–Crippen LogP) is 5.76. The van der Waals surface area contributed by atoms with E-state index in [1.165, 1.54) is 51.4 Å². The molecule has 0 aromatic carbocycles. The van der Waals surface area contributed by atoms with Crippen LogP contribution in [0.5, 0.6) is 0 Å². The number of rotatable bonds is 2. The van der Waals surface area contributed by atoms with Crippen molar-refractivity contribution in [2.75, 3.05) is 4.43 Å². The van der Waals surface area contributed by atoms with Crippen LogP contribution in [-0.2, 0) is 4.79 Å². The van der Waals surface area contributed by atoms with Crippen molar-refractivity contribution in [3.63, 3.8) is 0 Å². The summed E-state index contributed by atoms with van der Waals surface area (Å²) in [4.78, 5) is 11.8. The predicted molar refractivity (Wildman–Crippen MR) is 108 cm³/mol. The van der Waals surface area contributed by atoms with Gasteiger partial charge in [-0.15, -0.1) is 0 Å². The Balaban J connectivity index is 1.64. The average Bonchev–Trinajstić information content (AvgIpc) is 2.91. The SMILES string of the molecule is CCC12CCC(C)CC1CCI1C3CCC(C(=O)O)C3(C)CCC12. The second kappa shape index (κ2) is 6.13. The number of halogens is 1. The van der Waals surface area contributed by atoms with E-state index in [9.17, 15) is 9.90 Å². The summed E-state index contributed by atoms with van der Waals surface area (Å²) < 4.78 is 3.43. The van der Waals surface area contributed by atoms with E-state index in [0.29, 0.717) is 5.41 Å². The molecule has 2 aliphatic heterocycles. The molecular formula is C21H35IO2. The molecule has 4 aliphatic rings. The summed E-state index contributed by atoms with van der Waals surface area (Å²) in [5, 5.41) is 9.74. The number of hydrogen-bond donors (Lipinski definition) is 1. The molecule has 24 heavy (non-hydrogen) atoms. The molecule has 0 amide bonds. The van der Waals surface area contributed by atoms with Crippen molar-refractivity contribution in [3.05, 3.63) is 0 Å². The van der Waals surface area contributed by atoms with Gasteiger partial charge in [0.15, 0.2) is 0 Å². The van der Waals surface area contributed by atoms with E-state index in [4.69, 9.17) is 0 Å². The molecule has 4 rings (SSSR count). The minimum atomic E-state index is -1.07. The zero-order chi connectivity index (χ0) is 17.1. The minimum absolute atomic E-state index is 0.0394. The van der Waals surface area contributed by atoms with Crippen LogP contribution >= 0.6 is 19.8 Å². The molecule has 4 fully saturated rings. The molecular weight excluding hydrogens is 411 g/mol. The van der Waals surface area contributed by atoms with Crippen molar-refractivity contribution >= 4 is 25.8 Å². The Labute approximate surface area is 154 Å². The van der Waals surface area contributed by atoms with Crippen LogP contribution in [0.15, 0.2) is 0 Å². The van der Waals surface area contributed by atoms with Crippen LogP contribution in [0.25, 0.3) is 0 Å². The summed E-state index contributed by atoms with van der Waals surface area (Å²) in [5.74, 6) is 1.39. The first-order valence-electron chi connectivity index (χ1n) is 10.3. The van der Waals surface area contributed by atoms with Crippen molar-refractivity contribution in [3.8, 4) is 0 Å². The number of alkyl halides is 3. The molecule has 3 heteroatoms. The molecule has 7 atom stereocenters. The normalized spacial score (nSPS) is 52.3. The molecule has 2 heterocycles. The zero-order valence-corrected chi connectivity index (χ0v) is 17.8. The average molecular weight is 446 g/mol. The first kappa shape index (κ1) is 17.6. The molecule has 0 aromatic rings. The van der Waals surface area contributed by atoms with Gasteiger partial charge in [0.2, 0.25) is 0 Å². The Morgan fingerprint density at radius 1 is 1.12 bits per heavy atom. The van der Waals surface area contributed by atoms with Gasteiger partial charge in [-0.2, -0.15) is 0 Å². The third kappa shape index (κ3) is 2.35. The van der Waals surface area contributed by atoms with E-state index >= 15 is 0 Å². The van der Waals surface area contributed by atoms with E-state index in [1.54, 1.807) is 4.43 Å². The molecule has 138 valence electrons. The van der Waals surface area contributed by atoms with Gasteiger partial charge in [0.25, 0.3) is 0 Å². The van der Waals surface area contributed by atoms with E-state index in [1.807, 2.05) is 0 Å². The number of carbonyl (C=O) groups is 1. The van der Waals surface area contributed by atoms with Crippen LogP contribution in [0.4, 0.5) is 0 Å². The molecule has 7 unspecified atom stereocenters. The number of aliphatic carboxylic acids is 1. The maximum absolute atomic E-state index is 11.8. The molecule has 1 N–H and O–H groups in total. The van der Waals surface area contributed by atoms with Gasteiger partial charge in [-0.3, -0.25) is 0 Å². The first-order chi connectivity index (χ1) is 11.4. The fourth-order valence-electron chi connectivity index (χ4n) is 7.30. The fraction of sp³-hybridized carbons (Fsp3) is 0.952. The van der Waals surface area contributed by atoms with Crippen molar-refractivity contribution in [1.82, 2.24) is 0 Å². The van der Waals surface area contributed by atoms with Gasteiger partial charge in [-0.25, -0.2) is 0 Å². The molecule has 2 aliphatic carbocycles. The summed E-state index contributed by atoms with van der Waals surface area (Å²) in [6.45, 7) is 7.31. The van der Waals surface area contributed by atoms with E-state index < -0.39 is 25.8 Å². The van der Waals surface area contributed by atoms with Gasteiger partial charge in [-0.1, -0.05) is 0 Å². The van der Waals surface area contributed by atoms with E-state index in [2.05, 4.69) is 20.8 Å². The number of hydrogen-bond acceptors (Lipinski definition) is 1. The van der Waals surface area contributed by atoms with Crippen molar-refractivity contribution in [2.45, 2.75) is 86.4 Å². The number of fused-ring (bicyclic) bond motifs is 5. The molecule has 0 spiro atoms. The topological polar surface area (TPSA) is 37.3 Å². The Morgan fingerprint density at radius 3 is 2.62 bits per heavy atom. The van der Waals surface area contributed by atoms with Gasteiger partial charge in [0.05, 0.1) is 0 Å². The Morgan fingerprint density at radius 2 is 1.92 bits per heavy atom. The zero-order valence-electron chi connectivity index (χ0n) is 15.7. The van der Waals surface area contributed by atoms with E-state index in [0.717, 1.165) is 26.1 Å². The maximum atomic E-state index is 11.8. The second-order valence-electron chi connectivity index (χ2n) is 9.52. The summed E-state index contributed by atoms with van der Waals surface area (Å²) in [7, 11) is 0. The summed E-state index contributed by atoms with van der Waals surface area (Å²) in [5.41, 5.74) is 0.815. The molecule has 2 saturated heterocycles. The molecule has 2 nitrogen and oxygen atoms in total. The molecule has 2 saturated carbocycles. The first-order valence-corrected chi connectivity index (χ1v) is 14.3. The van der Waals surface area contributed by atoms with Gasteiger partial charge in [0.1, 0.15) is 0 Å².